The van der Waals surface area contributed by atoms with Crippen molar-refractivity contribution in [3.05, 3.63) is 30.3 Å². The summed E-state index contributed by atoms with van der Waals surface area (Å²) < 4.78 is 31.3. The summed E-state index contributed by atoms with van der Waals surface area (Å²) in [7, 11) is -4.36. The molecule has 0 aromatic heterocycles. The summed E-state index contributed by atoms with van der Waals surface area (Å²) in [6, 6.07) is 6.91. The minimum absolute atomic E-state index is 0.0813. The van der Waals surface area contributed by atoms with E-state index in [0.29, 0.717) is 5.39 Å². The summed E-state index contributed by atoms with van der Waals surface area (Å²) in [4.78, 5) is -0.307. The minimum atomic E-state index is -4.36. The molecule has 84 valence electrons. The van der Waals surface area contributed by atoms with Gasteiger partial charge in [-0.3, -0.25) is 4.55 Å². The molecule has 0 atom stereocenters. The summed E-state index contributed by atoms with van der Waals surface area (Å²) in [6.45, 7) is 0. The maximum absolute atomic E-state index is 11.1. The van der Waals surface area contributed by atoms with Crippen molar-refractivity contribution in [2.75, 3.05) is 5.73 Å². The van der Waals surface area contributed by atoms with Crippen LogP contribution in [0.5, 0.6) is 5.75 Å². The molecule has 0 saturated heterocycles. The van der Waals surface area contributed by atoms with Crippen LogP contribution in [0.1, 0.15) is 0 Å². The molecule has 0 spiro atoms. The van der Waals surface area contributed by atoms with Crippen molar-refractivity contribution >= 4 is 26.6 Å². The van der Waals surface area contributed by atoms with Gasteiger partial charge in [0.15, 0.2) is 0 Å². The third-order valence-corrected chi connectivity index (χ3v) is 3.09. The van der Waals surface area contributed by atoms with Gasteiger partial charge in [-0.15, -0.1) is 0 Å². The zero-order valence-electron chi connectivity index (χ0n) is 8.08. The third-order valence-electron chi connectivity index (χ3n) is 2.20. The Morgan fingerprint density at radius 2 is 1.81 bits per heavy atom. The van der Waals surface area contributed by atoms with Crippen molar-refractivity contribution in [3.63, 3.8) is 0 Å². The van der Waals surface area contributed by atoms with E-state index in [1.165, 1.54) is 18.2 Å². The van der Waals surface area contributed by atoms with E-state index < -0.39 is 10.1 Å². The van der Waals surface area contributed by atoms with Crippen LogP contribution in [-0.2, 0) is 10.1 Å². The molecule has 16 heavy (non-hydrogen) atoms. The van der Waals surface area contributed by atoms with Gasteiger partial charge in [0.2, 0.25) is 0 Å². The first kappa shape index (κ1) is 10.7. The van der Waals surface area contributed by atoms with Gasteiger partial charge in [-0.1, -0.05) is 6.07 Å². The second-order valence-corrected chi connectivity index (χ2v) is 4.79. The number of benzene rings is 2. The predicted octanol–water partition coefficient (Wildman–Crippen LogP) is 1.37. The molecule has 0 unspecified atom stereocenters. The Hall–Kier alpha value is -1.79. The minimum Gasteiger partial charge on any atom is -0.508 e. The molecule has 6 heteroatoms. The Bertz CT molecular complexity index is 664. The van der Waals surface area contributed by atoms with Crippen molar-refractivity contribution in [2.24, 2.45) is 0 Å². The SMILES string of the molecule is Nc1cc(S(=O)(=O)O)c2cc(O)ccc2c1. The van der Waals surface area contributed by atoms with Crippen LogP contribution >= 0.6 is 0 Å². The highest BCUT2D eigenvalue weighted by Gasteiger charge is 2.15. The first-order chi connectivity index (χ1) is 7.38. The molecule has 0 aliphatic rings. The second kappa shape index (κ2) is 3.36. The maximum Gasteiger partial charge on any atom is 0.295 e. The molecular formula is C10H9NO4S. The van der Waals surface area contributed by atoms with E-state index in [2.05, 4.69) is 0 Å². The van der Waals surface area contributed by atoms with Crippen molar-refractivity contribution in [2.45, 2.75) is 4.90 Å². The fourth-order valence-electron chi connectivity index (χ4n) is 1.55. The van der Waals surface area contributed by atoms with Gasteiger partial charge < -0.3 is 10.8 Å². The molecule has 0 radical (unpaired) electrons. The lowest BCUT2D eigenvalue weighted by Crippen LogP contribution is -2.00. The number of phenolic OH excluding ortho intramolecular Hbond substituents is 1. The number of rotatable bonds is 1. The van der Waals surface area contributed by atoms with E-state index in [0.717, 1.165) is 6.07 Å². The molecule has 2 rings (SSSR count). The Morgan fingerprint density at radius 3 is 2.44 bits per heavy atom. The fraction of sp³-hybridized carbons (Fsp3) is 0. The Morgan fingerprint density at radius 1 is 1.12 bits per heavy atom. The summed E-state index contributed by atoms with van der Waals surface area (Å²) in [5, 5.41) is 10.0. The lowest BCUT2D eigenvalue weighted by atomic mass is 10.1. The Labute approximate surface area is 91.9 Å². The zero-order chi connectivity index (χ0) is 11.9. The third kappa shape index (κ3) is 1.80. The van der Waals surface area contributed by atoms with E-state index in [9.17, 15) is 13.5 Å². The van der Waals surface area contributed by atoms with E-state index in [1.54, 1.807) is 6.07 Å². The molecule has 0 heterocycles. The molecule has 0 fully saturated rings. The average Bonchev–Trinajstić information content (AvgIpc) is 2.16. The number of anilines is 1. The summed E-state index contributed by atoms with van der Waals surface area (Å²) in [5.74, 6) is -0.0813. The largest absolute Gasteiger partial charge is 0.508 e. The number of fused-ring (bicyclic) bond motifs is 1. The molecule has 0 bridgehead atoms. The predicted molar refractivity (Wildman–Crippen MR) is 59.8 cm³/mol. The molecule has 0 aliphatic heterocycles. The van der Waals surface area contributed by atoms with Crippen LogP contribution in [0.2, 0.25) is 0 Å². The number of aromatic hydroxyl groups is 1. The van der Waals surface area contributed by atoms with Gasteiger partial charge in [-0.25, -0.2) is 0 Å². The number of nitrogens with two attached hydrogens (primary N) is 1. The van der Waals surface area contributed by atoms with Gasteiger partial charge in [0, 0.05) is 11.1 Å². The van der Waals surface area contributed by atoms with Gasteiger partial charge in [0.1, 0.15) is 10.6 Å². The highest BCUT2D eigenvalue weighted by atomic mass is 32.2. The van der Waals surface area contributed by atoms with Crippen molar-refractivity contribution in [3.8, 4) is 5.75 Å². The van der Waals surface area contributed by atoms with Crippen LogP contribution < -0.4 is 5.73 Å². The van der Waals surface area contributed by atoms with E-state index in [4.69, 9.17) is 10.3 Å². The fourth-order valence-corrected chi connectivity index (χ4v) is 2.29. The van der Waals surface area contributed by atoms with Gasteiger partial charge in [-0.05, 0) is 29.7 Å². The van der Waals surface area contributed by atoms with E-state index in [1.807, 2.05) is 0 Å². The van der Waals surface area contributed by atoms with Crippen LogP contribution in [0.15, 0.2) is 35.2 Å². The monoisotopic (exact) mass is 239 g/mol. The second-order valence-electron chi connectivity index (χ2n) is 3.40. The molecular weight excluding hydrogens is 230 g/mol. The number of hydrogen-bond acceptors (Lipinski definition) is 4. The smallest absolute Gasteiger partial charge is 0.295 e. The van der Waals surface area contributed by atoms with E-state index in [-0.39, 0.29) is 21.7 Å². The van der Waals surface area contributed by atoms with Crippen LogP contribution in [0.3, 0.4) is 0 Å². The Balaban J connectivity index is 2.96. The van der Waals surface area contributed by atoms with Crippen LogP contribution in [-0.4, -0.2) is 18.1 Å². The topological polar surface area (TPSA) is 101 Å². The van der Waals surface area contributed by atoms with Crippen molar-refractivity contribution < 1.29 is 18.1 Å². The number of phenols is 1. The number of nitrogen functional groups attached to an aromatic ring is 1. The van der Waals surface area contributed by atoms with Gasteiger partial charge in [0.25, 0.3) is 10.1 Å². The molecule has 0 aliphatic carbocycles. The van der Waals surface area contributed by atoms with Gasteiger partial charge in [0.05, 0.1) is 0 Å². The average molecular weight is 239 g/mol. The summed E-state index contributed by atoms with van der Waals surface area (Å²) in [5.41, 5.74) is 5.75. The van der Waals surface area contributed by atoms with Gasteiger partial charge in [-0.2, -0.15) is 8.42 Å². The summed E-state index contributed by atoms with van der Waals surface area (Å²) in [6.07, 6.45) is 0. The van der Waals surface area contributed by atoms with E-state index >= 15 is 0 Å². The molecule has 2 aromatic carbocycles. The lowest BCUT2D eigenvalue weighted by Gasteiger charge is -2.06. The first-order valence-electron chi connectivity index (χ1n) is 4.38. The highest BCUT2D eigenvalue weighted by Crippen LogP contribution is 2.28. The van der Waals surface area contributed by atoms with Crippen LogP contribution in [0.25, 0.3) is 10.8 Å². The summed E-state index contributed by atoms with van der Waals surface area (Å²) >= 11 is 0. The molecule has 0 saturated carbocycles. The standard InChI is InChI=1S/C10H9NO4S/c11-7-3-6-1-2-8(12)5-9(6)10(4-7)16(13,14)15/h1-5,12H,11H2,(H,13,14,15). The van der Waals surface area contributed by atoms with Crippen molar-refractivity contribution in [1.82, 2.24) is 0 Å². The maximum atomic E-state index is 11.1. The lowest BCUT2D eigenvalue weighted by molar-refractivity contribution is 0.476. The number of hydrogen-bond donors (Lipinski definition) is 3. The molecule has 2 aromatic rings. The van der Waals surface area contributed by atoms with Crippen molar-refractivity contribution in [1.29, 1.82) is 0 Å². The van der Waals surface area contributed by atoms with Crippen LogP contribution in [0.4, 0.5) is 5.69 Å². The first-order valence-corrected chi connectivity index (χ1v) is 5.82. The molecule has 0 amide bonds. The van der Waals surface area contributed by atoms with Gasteiger partial charge >= 0.3 is 0 Å². The zero-order valence-corrected chi connectivity index (χ0v) is 8.90. The highest BCUT2D eigenvalue weighted by molar-refractivity contribution is 7.86. The normalized spacial score (nSPS) is 11.8. The van der Waals surface area contributed by atoms with Crippen LogP contribution in [0, 0.1) is 0 Å². The quantitative estimate of drug-likeness (QED) is 0.515. The Kier molecular flexibility index (Phi) is 2.25. The molecule has 5 nitrogen and oxygen atoms in total. The molecule has 4 N–H and O–H groups in total.